The second-order valence-electron chi connectivity index (χ2n) is 6.22. The van der Waals surface area contributed by atoms with Crippen molar-refractivity contribution in [1.29, 1.82) is 0 Å². The summed E-state index contributed by atoms with van der Waals surface area (Å²) in [5.74, 6) is -0.231. The molecule has 24 heavy (non-hydrogen) atoms. The first-order valence-corrected chi connectivity index (χ1v) is 8.69. The van der Waals surface area contributed by atoms with Crippen molar-refractivity contribution in [2.75, 3.05) is 19.7 Å². The molecule has 1 aliphatic heterocycles. The van der Waals surface area contributed by atoms with E-state index in [2.05, 4.69) is 6.58 Å². The van der Waals surface area contributed by atoms with Crippen LogP contribution >= 0.6 is 11.6 Å². The molecule has 1 saturated heterocycles. The van der Waals surface area contributed by atoms with Gasteiger partial charge in [0.05, 0.1) is 12.0 Å². The van der Waals surface area contributed by atoms with Gasteiger partial charge in [0.15, 0.2) is 0 Å². The molecular weight excluding hydrogens is 326 g/mol. The zero-order valence-corrected chi connectivity index (χ0v) is 14.8. The van der Waals surface area contributed by atoms with Crippen molar-refractivity contribution in [3.05, 3.63) is 47.5 Å². The molecule has 0 aromatic heterocycles. The number of nitrogens with zero attached hydrogens (tertiary/aromatic N) is 1. The Kier molecular flexibility index (Phi) is 6.44. The molecule has 0 N–H and O–H groups in total. The van der Waals surface area contributed by atoms with E-state index in [0.717, 1.165) is 12.0 Å². The molecule has 4 nitrogen and oxygen atoms in total. The van der Waals surface area contributed by atoms with Crippen LogP contribution in [0.2, 0.25) is 5.02 Å². The Morgan fingerprint density at radius 1 is 1.46 bits per heavy atom. The molecule has 1 amide bonds. The lowest BCUT2D eigenvalue weighted by Crippen LogP contribution is -2.51. The fourth-order valence-corrected chi connectivity index (χ4v) is 3.52. The van der Waals surface area contributed by atoms with Gasteiger partial charge in [0.1, 0.15) is 0 Å². The molecule has 0 saturated carbocycles. The Hall–Kier alpha value is -1.81. The van der Waals surface area contributed by atoms with E-state index >= 15 is 0 Å². The molecule has 130 valence electrons. The summed E-state index contributed by atoms with van der Waals surface area (Å²) in [7, 11) is 0. The topological polar surface area (TPSA) is 46.6 Å². The van der Waals surface area contributed by atoms with Crippen LogP contribution in [0.25, 0.3) is 0 Å². The third-order valence-corrected chi connectivity index (χ3v) is 4.62. The van der Waals surface area contributed by atoms with Crippen LogP contribution in [0.1, 0.15) is 31.7 Å². The lowest BCUT2D eigenvalue weighted by atomic mass is 9.75. The lowest BCUT2D eigenvalue weighted by molar-refractivity contribution is -0.160. The summed E-state index contributed by atoms with van der Waals surface area (Å²) in [6.45, 7) is 6.80. The summed E-state index contributed by atoms with van der Waals surface area (Å²) in [6, 6.07) is 7.51. The van der Waals surface area contributed by atoms with Gasteiger partial charge in [-0.3, -0.25) is 9.59 Å². The molecule has 0 bridgehead atoms. The van der Waals surface area contributed by atoms with Crippen LogP contribution < -0.4 is 0 Å². The Morgan fingerprint density at radius 3 is 2.92 bits per heavy atom. The highest BCUT2D eigenvalue weighted by Crippen LogP contribution is 2.36. The number of carbonyl (C=O) groups is 2. The molecular formula is C19H24ClNO3. The third kappa shape index (κ3) is 4.38. The standard InChI is InChI=1S/C19H24ClNO3/c1-3-7-17(22)21-11-6-10-19(14-21,18(23)24-4-2)13-15-8-5-9-16(20)12-15/h3,5,8-9,12H,1,4,6-7,10-11,13-14H2,2H3/t19-/m0/s1. The highest BCUT2D eigenvalue weighted by atomic mass is 35.5. The van der Waals surface area contributed by atoms with E-state index in [1.54, 1.807) is 17.9 Å². The maximum Gasteiger partial charge on any atom is 0.314 e. The molecule has 1 fully saturated rings. The van der Waals surface area contributed by atoms with Crippen molar-refractivity contribution in [3.63, 3.8) is 0 Å². The largest absolute Gasteiger partial charge is 0.466 e. The van der Waals surface area contributed by atoms with E-state index in [1.807, 2.05) is 24.3 Å². The predicted molar refractivity (Wildman–Crippen MR) is 94.9 cm³/mol. The molecule has 1 heterocycles. The van der Waals surface area contributed by atoms with Crippen LogP contribution in [0.4, 0.5) is 0 Å². The van der Waals surface area contributed by atoms with Crippen molar-refractivity contribution in [2.45, 2.75) is 32.6 Å². The average molecular weight is 350 g/mol. The molecule has 0 unspecified atom stereocenters. The van der Waals surface area contributed by atoms with Crippen molar-refractivity contribution < 1.29 is 14.3 Å². The second-order valence-corrected chi connectivity index (χ2v) is 6.66. The Bertz CT molecular complexity index is 616. The van der Waals surface area contributed by atoms with Crippen LogP contribution in [0.15, 0.2) is 36.9 Å². The minimum atomic E-state index is -0.713. The second kappa shape index (κ2) is 8.34. The number of hydrogen-bond donors (Lipinski definition) is 0. The first kappa shape index (κ1) is 18.5. The SMILES string of the molecule is C=CCC(=O)N1CCC[C@@](Cc2cccc(Cl)c2)(C(=O)OCC)C1. The summed E-state index contributed by atoms with van der Waals surface area (Å²) in [4.78, 5) is 26.7. The first-order valence-electron chi connectivity index (χ1n) is 8.31. The highest BCUT2D eigenvalue weighted by Gasteiger charge is 2.44. The van der Waals surface area contributed by atoms with E-state index in [-0.39, 0.29) is 18.3 Å². The summed E-state index contributed by atoms with van der Waals surface area (Å²) in [6.07, 6.45) is 3.89. The van der Waals surface area contributed by atoms with Crippen molar-refractivity contribution in [2.24, 2.45) is 5.41 Å². The number of rotatable bonds is 6. The van der Waals surface area contributed by atoms with Gasteiger partial charge in [-0.25, -0.2) is 0 Å². The zero-order valence-electron chi connectivity index (χ0n) is 14.1. The fraction of sp³-hybridized carbons (Fsp3) is 0.474. The van der Waals surface area contributed by atoms with Crippen LogP contribution in [0.3, 0.4) is 0 Å². The Balaban J connectivity index is 2.27. The van der Waals surface area contributed by atoms with Gasteiger partial charge in [-0.2, -0.15) is 0 Å². The average Bonchev–Trinajstić information content (AvgIpc) is 2.55. The number of ether oxygens (including phenoxy) is 1. The fourth-order valence-electron chi connectivity index (χ4n) is 3.30. The molecule has 0 radical (unpaired) electrons. The normalized spacial score (nSPS) is 20.5. The summed E-state index contributed by atoms with van der Waals surface area (Å²) >= 11 is 6.08. The quantitative estimate of drug-likeness (QED) is 0.582. The van der Waals surface area contributed by atoms with Gasteiger partial charge >= 0.3 is 5.97 Å². The number of piperidine rings is 1. The van der Waals surface area contributed by atoms with E-state index in [1.165, 1.54) is 0 Å². The van der Waals surface area contributed by atoms with Gasteiger partial charge in [0.2, 0.25) is 5.91 Å². The third-order valence-electron chi connectivity index (χ3n) is 4.39. The minimum Gasteiger partial charge on any atom is -0.466 e. The van der Waals surface area contributed by atoms with Gasteiger partial charge in [0, 0.05) is 24.5 Å². The van der Waals surface area contributed by atoms with Crippen molar-refractivity contribution >= 4 is 23.5 Å². The van der Waals surface area contributed by atoms with Crippen molar-refractivity contribution in [1.82, 2.24) is 4.90 Å². The summed E-state index contributed by atoms with van der Waals surface area (Å²) < 4.78 is 5.35. The monoisotopic (exact) mass is 349 g/mol. The van der Waals surface area contributed by atoms with E-state index in [9.17, 15) is 9.59 Å². The number of hydrogen-bond acceptors (Lipinski definition) is 3. The molecule has 1 aromatic rings. The van der Waals surface area contributed by atoms with Gasteiger partial charge in [0.25, 0.3) is 0 Å². The number of esters is 1. The molecule has 0 aliphatic carbocycles. The Labute approximate surface area is 148 Å². The van der Waals surface area contributed by atoms with Crippen LogP contribution in [-0.4, -0.2) is 36.5 Å². The molecule has 1 atom stereocenters. The van der Waals surface area contributed by atoms with Gasteiger partial charge in [-0.1, -0.05) is 29.8 Å². The van der Waals surface area contributed by atoms with Crippen LogP contribution in [-0.2, 0) is 20.7 Å². The number of likely N-dealkylation sites (tertiary alicyclic amines) is 1. The smallest absolute Gasteiger partial charge is 0.314 e. The number of benzene rings is 1. The number of carbonyl (C=O) groups excluding carboxylic acids is 2. The first-order chi connectivity index (χ1) is 11.5. The van der Waals surface area contributed by atoms with Crippen LogP contribution in [0, 0.1) is 5.41 Å². The number of halogens is 1. The van der Waals surface area contributed by atoms with Gasteiger partial charge < -0.3 is 9.64 Å². The maximum atomic E-state index is 12.7. The maximum absolute atomic E-state index is 12.7. The van der Waals surface area contributed by atoms with E-state index in [0.29, 0.717) is 37.6 Å². The van der Waals surface area contributed by atoms with Crippen LogP contribution in [0.5, 0.6) is 0 Å². The highest BCUT2D eigenvalue weighted by molar-refractivity contribution is 6.30. The van der Waals surface area contributed by atoms with E-state index in [4.69, 9.17) is 16.3 Å². The minimum absolute atomic E-state index is 0.00414. The Morgan fingerprint density at radius 2 is 2.25 bits per heavy atom. The van der Waals surface area contributed by atoms with E-state index < -0.39 is 5.41 Å². The van der Waals surface area contributed by atoms with Crippen molar-refractivity contribution in [3.8, 4) is 0 Å². The molecule has 0 spiro atoms. The zero-order chi connectivity index (χ0) is 17.6. The lowest BCUT2D eigenvalue weighted by Gasteiger charge is -2.41. The summed E-state index contributed by atoms with van der Waals surface area (Å²) in [5.41, 5.74) is 0.268. The van der Waals surface area contributed by atoms with Gasteiger partial charge in [-0.15, -0.1) is 6.58 Å². The molecule has 1 aromatic carbocycles. The summed E-state index contributed by atoms with van der Waals surface area (Å²) in [5, 5.41) is 0.641. The predicted octanol–water partition coefficient (Wildman–Crippen LogP) is 3.63. The van der Waals surface area contributed by atoms with Gasteiger partial charge in [-0.05, 0) is 43.9 Å². The molecule has 2 rings (SSSR count). The molecule has 5 heteroatoms. The molecule has 1 aliphatic rings. The number of amides is 1.